The molecule has 0 unspecified atom stereocenters. The van der Waals surface area contributed by atoms with Crippen molar-refractivity contribution in [3.05, 3.63) is 29.3 Å². The molecule has 0 saturated carbocycles. The Hall–Kier alpha value is -1.95. The molecule has 19 heavy (non-hydrogen) atoms. The lowest BCUT2D eigenvalue weighted by atomic mass is 10.1. The number of thiazole rings is 1. The topological polar surface area (TPSA) is 65.5 Å². The first-order chi connectivity index (χ1) is 9.15. The summed E-state index contributed by atoms with van der Waals surface area (Å²) in [5, 5.41) is 0.710. The summed E-state index contributed by atoms with van der Waals surface area (Å²) in [6, 6.07) is 7.65. The number of esters is 2. The van der Waals surface area contributed by atoms with Gasteiger partial charge in [-0.05, 0) is 12.1 Å². The van der Waals surface area contributed by atoms with Crippen LogP contribution in [0, 0.1) is 5.92 Å². The number of methoxy groups -OCH3 is 2. The Labute approximate surface area is 114 Å². The molecule has 0 bridgehead atoms. The molecule has 0 saturated heterocycles. The molecule has 5 nitrogen and oxygen atoms in total. The lowest BCUT2D eigenvalue weighted by molar-refractivity contribution is -0.158. The Balaban J connectivity index is 2.25. The molecule has 0 radical (unpaired) electrons. The molecule has 1 aromatic heterocycles. The van der Waals surface area contributed by atoms with Gasteiger partial charge in [0.25, 0.3) is 0 Å². The van der Waals surface area contributed by atoms with E-state index < -0.39 is 17.9 Å². The highest BCUT2D eigenvalue weighted by molar-refractivity contribution is 7.18. The average Bonchev–Trinajstić information content (AvgIpc) is 2.85. The molecule has 100 valence electrons. The zero-order chi connectivity index (χ0) is 13.8. The van der Waals surface area contributed by atoms with E-state index in [9.17, 15) is 9.59 Å². The maximum Gasteiger partial charge on any atom is 0.320 e. The third kappa shape index (κ3) is 2.90. The van der Waals surface area contributed by atoms with E-state index in [-0.39, 0.29) is 6.42 Å². The van der Waals surface area contributed by atoms with Gasteiger partial charge in [-0.1, -0.05) is 12.1 Å². The van der Waals surface area contributed by atoms with E-state index in [1.54, 1.807) is 0 Å². The summed E-state index contributed by atoms with van der Waals surface area (Å²) in [4.78, 5) is 27.6. The zero-order valence-electron chi connectivity index (χ0n) is 10.6. The molecule has 6 heteroatoms. The number of nitrogens with zero attached hydrogens (tertiary/aromatic N) is 1. The number of para-hydroxylation sites is 1. The van der Waals surface area contributed by atoms with Crippen molar-refractivity contribution in [2.24, 2.45) is 5.92 Å². The van der Waals surface area contributed by atoms with Crippen LogP contribution in [0.15, 0.2) is 24.3 Å². The molecule has 0 amide bonds. The smallest absolute Gasteiger partial charge is 0.320 e. The second-order valence-corrected chi connectivity index (χ2v) is 4.99. The molecule has 0 aliphatic heterocycles. The van der Waals surface area contributed by atoms with Gasteiger partial charge in [-0.3, -0.25) is 9.59 Å². The lowest BCUT2D eigenvalue weighted by Gasteiger charge is -2.10. The van der Waals surface area contributed by atoms with Gasteiger partial charge in [0.1, 0.15) is 0 Å². The Morgan fingerprint density at radius 2 is 1.84 bits per heavy atom. The van der Waals surface area contributed by atoms with Crippen molar-refractivity contribution in [3.63, 3.8) is 0 Å². The van der Waals surface area contributed by atoms with Crippen LogP contribution in [0.2, 0.25) is 0 Å². The van der Waals surface area contributed by atoms with Gasteiger partial charge in [0.2, 0.25) is 0 Å². The van der Waals surface area contributed by atoms with Crippen molar-refractivity contribution in [1.29, 1.82) is 0 Å². The summed E-state index contributed by atoms with van der Waals surface area (Å²) in [7, 11) is 2.49. The molecule has 2 aromatic rings. The van der Waals surface area contributed by atoms with Crippen LogP contribution < -0.4 is 0 Å². The first kappa shape index (κ1) is 13.5. The summed E-state index contributed by atoms with van der Waals surface area (Å²) in [5.74, 6) is -2.17. The van der Waals surface area contributed by atoms with Gasteiger partial charge in [-0.2, -0.15) is 0 Å². The predicted molar refractivity (Wildman–Crippen MR) is 70.8 cm³/mol. The molecule has 2 rings (SSSR count). The van der Waals surface area contributed by atoms with Crippen LogP contribution in [0.1, 0.15) is 5.01 Å². The molecular formula is C13H13NO4S. The van der Waals surface area contributed by atoms with E-state index in [2.05, 4.69) is 14.5 Å². The number of ether oxygens (including phenoxy) is 2. The first-order valence-electron chi connectivity index (χ1n) is 5.65. The third-order valence-corrected chi connectivity index (χ3v) is 3.75. The molecular weight excluding hydrogens is 266 g/mol. The summed E-state index contributed by atoms with van der Waals surface area (Å²) in [5.41, 5.74) is 0.857. The highest BCUT2D eigenvalue weighted by Crippen LogP contribution is 2.24. The number of rotatable bonds is 4. The normalized spacial score (nSPS) is 10.7. The minimum absolute atomic E-state index is 0.193. The molecule has 0 aliphatic rings. The molecule has 0 N–H and O–H groups in total. The van der Waals surface area contributed by atoms with Crippen LogP contribution in [0.3, 0.4) is 0 Å². The maximum absolute atomic E-state index is 11.6. The fourth-order valence-electron chi connectivity index (χ4n) is 1.73. The van der Waals surface area contributed by atoms with Gasteiger partial charge in [0.15, 0.2) is 5.92 Å². The van der Waals surface area contributed by atoms with E-state index >= 15 is 0 Å². The van der Waals surface area contributed by atoms with Crippen LogP contribution >= 0.6 is 11.3 Å². The Kier molecular flexibility index (Phi) is 4.11. The largest absolute Gasteiger partial charge is 0.468 e. The lowest BCUT2D eigenvalue weighted by Crippen LogP contribution is -2.28. The standard InChI is InChI=1S/C13H13NO4S/c1-17-12(15)8(13(16)18-2)7-11-14-9-5-3-4-6-10(9)19-11/h3-6,8H,7H2,1-2H3. The highest BCUT2D eigenvalue weighted by Gasteiger charge is 2.30. The van der Waals surface area contributed by atoms with Crippen molar-refractivity contribution >= 4 is 33.5 Å². The van der Waals surface area contributed by atoms with E-state index in [0.29, 0.717) is 5.01 Å². The quantitative estimate of drug-likeness (QED) is 0.630. The van der Waals surface area contributed by atoms with Crippen LogP contribution in [0.5, 0.6) is 0 Å². The van der Waals surface area contributed by atoms with Crippen molar-refractivity contribution in [2.45, 2.75) is 6.42 Å². The van der Waals surface area contributed by atoms with E-state index in [1.807, 2.05) is 24.3 Å². The first-order valence-corrected chi connectivity index (χ1v) is 6.47. The van der Waals surface area contributed by atoms with E-state index in [1.165, 1.54) is 25.6 Å². The van der Waals surface area contributed by atoms with Gasteiger partial charge in [-0.15, -0.1) is 11.3 Å². The molecule has 1 aromatic carbocycles. The summed E-state index contributed by atoms with van der Waals surface area (Å²) < 4.78 is 10.3. The fraction of sp³-hybridized carbons (Fsp3) is 0.308. The fourth-order valence-corrected chi connectivity index (χ4v) is 2.74. The molecule has 0 spiro atoms. The second-order valence-electron chi connectivity index (χ2n) is 3.88. The van der Waals surface area contributed by atoms with E-state index in [0.717, 1.165) is 10.2 Å². The summed E-state index contributed by atoms with van der Waals surface area (Å²) in [6.45, 7) is 0. The number of fused-ring (bicyclic) bond motifs is 1. The Morgan fingerprint density at radius 3 is 2.42 bits per heavy atom. The number of hydrogen-bond donors (Lipinski definition) is 0. The number of carbonyl (C=O) groups excluding carboxylic acids is 2. The van der Waals surface area contributed by atoms with Crippen LogP contribution in [0.4, 0.5) is 0 Å². The van der Waals surface area contributed by atoms with Gasteiger partial charge in [0, 0.05) is 6.42 Å². The third-order valence-electron chi connectivity index (χ3n) is 2.69. The van der Waals surface area contributed by atoms with Crippen LogP contribution in [0.25, 0.3) is 10.2 Å². The van der Waals surface area contributed by atoms with Crippen molar-refractivity contribution in [3.8, 4) is 0 Å². The van der Waals surface area contributed by atoms with Crippen LogP contribution in [-0.4, -0.2) is 31.1 Å². The van der Waals surface area contributed by atoms with Crippen molar-refractivity contribution in [2.75, 3.05) is 14.2 Å². The summed E-state index contributed by atoms with van der Waals surface area (Å²) >= 11 is 1.45. The number of aromatic nitrogens is 1. The number of carbonyl (C=O) groups is 2. The SMILES string of the molecule is COC(=O)C(Cc1nc2ccccc2s1)C(=O)OC. The second kappa shape index (κ2) is 5.79. The van der Waals surface area contributed by atoms with Gasteiger partial charge >= 0.3 is 11.9 Å². The molecule has 0 fully saturated rings. The maximum atomic E-state index is 11.6. The number of hydrogen-bond acceptors (Lipinski definition) is 6. The average molecular weight is 279 g/mol. The van der Waals surface area contributed by atoms with Crippen molar-refractivity contribution in [1.82, 2.24) is 4.98 Å². The Bertz CT molecular complexity index is 558. The highest BCUT2D eigenvalue weighted by atomic mass is 32.1. The van der Waals surface area contributed by atoms with Gasteiger partial charge in [-0.25, -0.2) is 4.98 Å². The van der Waals surface area contributed by atoms with E-state index in [4.69, 9.17) is 0 Å². The van der Waals surface area contributed by atoms with Gasteiger partial charge in [0.05, 0.1) is 29.4 Å². The number of benzene rings is 1. The minimum Gasteiger partial charge on any atom is -0.468 e. The monoisotopic (exact) mass is 279 g/mol. The zero-order valence-corrected chi connectivity index (χ0v) is 11.4. The molecule has 0 aliphatic carbocycles. The van der Waals surface area contributed by atoms with Crippen molar-refractivity contribution < 1.29 is 19.1 Å². The van der Waals surface area contributed by atoms with Gasteiger partial charge < -0.3 is 9.47 Å². The predicted octanol–water partition coefficient (Wildman–Crippen LogP) is 1.80. The molecule has 0 atom stereocenters. The van der Waals surface area contributed by atoms with Crippen LogP contribution in [-0.2, 0) is 25.5 Å². The Morgan fingerprint density at radius 1 is 1.21 bits per heavy atom. The molecule has 1 heterocycles. The minimum atomic E-state index is -0.962. The summed E-state index contributed by atoms with van der Waals surface area (Å²) in [6.07, 6.45) is 0.193.